The summed E-state index contributed by atoms with van der Waals surface area (Å²) in [5, 5.41) is 1.24. The van der Waals surface area contributed by atoms with E-state index in [2.05, 4.69) is 40.9 Å². The van der Waals surface area contributed by atoms with Crippen LogP contribution in [0.5, 0.6) is 0 Å². The Bertz CT molecular complexity index is 1830. The molecule has 0 saturated carbocycles. The van der Waals surface area contributed by atoms with Gasteiger partial charge in [0.05, 0.1) is 23.3 Å². The smallest absolute Gasteiger partial charge is 0.338 e. The molecule has 1 aromatic heterocycles. The van der Waals surface area contributed by atoms with Gasteiger partial charge < -0.3 is 28.4 Å². The molecule has 0 bridgehead atoms. The van der Waals surface area contributed by atoms with Crippen molar-refractivity contribution in [3.05, 3.63) is 106 Å². The third-order valence-electron chi connectivity index (χ3n) is 10.2. The van der Waals surface area contributed by atoms with Gasteiger partial charge in [0.15, 0.2) is 0 Å². The second kappa shape index (κ2) is 13.2. The van der Waals surface area contributed by atoms with Crippen LogP contribution in [0.1, 0.15) is 74.9 Å². The number of nitrogens with zero attached hydrogens (tertiary/aromatic N) is 2. The van der Waals surface area contributed by atoms with Gasteiger partial charge in [0.2, 0.25) is 0 Å². The van der Waals surface area contributed by atoms with Crippen molar-refractivity contribution in [2.45, 2.75) is 70.4 Å². The lowest BCUT2D eigenvalue weighted by atomic mass is 9.72. The Hall–Kier alpha value is -4.47. The summed E-state index contributed by atoms with van der Waals surface area (Å²) in [5.41, 5.74) is 6.65. The quantitative estimate of drug-likeness (QED) is 0.166. The maximum atomic E-state index is 13.3. The molecule has 0 unspecified atom stereocenters. The van der Waals surface area contributed by atoms with Crippen molar-refractivity contribution in [1.29, 1.82) is 0 Å². The third-order valence-corrected chi connectivity index (χ3v) is 10.2. The number of hydrogen-bond acceptors (Lipinski definition) is 8. The summed E-state index contributed by atoms with van der Waals surface area (Å²) >= 11 is 0. The average Bonchev–Trinajstić information content (AvgIpc) is 3.65. The van der Waals surface area contributed by atoms with E-state index < -0.39 is 30.4 Å². The Kier molecular flexibility index (Phi) is 8.83. The van der Waals surface area contributed by atoms with E-state index in [9.17, 15) is 14.4 Å². The fourth-order valence-electron chi connectivity index (χ4n) is 7.75. The number of hydrogen-bond donors (Lipinski definition) is 0. The predicted molar refractivity (Wildman–Crippen MR) is 180 cm³/mol. The summed E-state index contributed by atoms with van der Waals surface area (Å²) in [4.78, 5) is 40.1. The van der Waals surface area contributed by atoms with E-state index in [0.29, 0.717) is 36.1 Å². The summed E-state index contributed by atoms with van der Waals surface area (Å²) in [6.45, 7) is 6.65. The molecule has 250 valence electrons. The van der Waals surface area contributed by atoms with E-state index in [0.717, 1.165) is 36.0 Å². The van der Waals surface area contributed by atoms with Crippen LogP contribution in [-0.4, -0.2) is 72.4 Å². The molecular weight excluding hydrogens is 608 g/mol. The molecule has 48 heavy (non-hydrogen) atoms. The van der Waals surface area contributed by atoms with Gasteiger partial charge >= 0.3 is 17.9 Å². The molecular formula is C39H42N2O7. The zero-order valence-electron chi connectivity index (χ0n) is 27.9. The number of fused-ring (bicyclic) bond motifs is 2. The first kappa shape index (κ1) is 32.1. The zero-order valence-corrected chi connectivity index (χ0v) is 27.9. The third kappa shape index (κ3) is 6.36. The lowest BCUT2D eigenvalue weighted by Crippen LogP contribution is -2.48. The highest BCUT2D eigenvalue weighted by atomic mass is 16.6. The Morgan fingerprint density at radius 1 is 0.854 bits per heavy atom. The van der Waals surface area contributed by atoms with Gasteiger partial charge in [0.1, 0.15) is 25.0 Å². The first-order chi connectivity index (χ1) is 23.1. The van der Waals surface area contributed by atoms with E-state index in [4.69, 9.17) is 18.9 Å². The average molecular weight is 651 g/mol. The van der Waals surface area contributed by atoms with Gasteiger partial charge in [-0.15, -0.1) is 0 Å². The second-order valence-corrected chi connectivity index (χ2v) is 13.7. The second-order valence-electron chi connectivity index (χ2n) is 13.7. The van der Waals surface area contributed by atoms with E-state index in [1.54, 1.807) is 24.3 Å². The number of carbonyl (C=O) groups excluding carboxylic acids is 3. The molecule has 0 amide bonds. The Labute approximate surface area is 280 Å². The summed E-state index contributed by atoms with van der Waals surface area (Å²) in [6, 6.07) is 21.3. The van der Waals surface area contributed by atoms with Gasteiger partial charge in [-0.05, 0) is 75.2 Å². The molecule has 0 radical (unpaired) electrons. The van der Waals surface area contributed by atoms with Gasteiger partial charge in [-0.2, -0.15) is 0 Å². The summed E-state index contributed by atoms with van der Waals surface area (Å²) in [7, 11) is 2.16. The van der Waals surface area contributed by atoms with E-state index in [-0.39, 0.29) is 18.5 Å². The molecule has 3 heterocycles. The number of piperidine rings is 1. The Morgan fingerprint density at radius 2 is 1.54 bits per heavy atom. The molecule has 2 aliphatic heterocycles. The highest BCUT2D eigenvalue weighted by molar-refractivity contribution is 5.91. The molecule has 6 atom stereocenters. The maximum absolute atomic E-state index is 13.3. The van der Waals surface area contributed by atoms with Crippen LogP contribution in [0, 0.1) is 19.8 Å². The van der Waals surface area contributed by atoms with Crippen molar-refractivity contribution >= 4 is 28.8 Å². The van der Waals surface area contributed by atoms with Crippen LogP contribution in [-0.2, 0) is 30.2 Å². The zero-order chi connectivity index (χ0) is 33.5. The largest absolute Gasteiger partial charge is 0.466 e. The number of rotatable bonds is 8. The summed E-state index contributed by atoms with van der Waals surface area (Å²) < 4.78 is 26.0. The minimum absolute atomic E-state index is 0.0506. The minimum atomic E-state index is -0.649. The predicted octanol–water partition coefficient (Wildman–Crippen LogP) is 6.15. The highest BCUT2D eigenvalue weighted by Crippen LogP contribution is 2.46. The van der Waals surface area contributed by atoms with E-state index >= 15 is 0 Å². The fraction of sp³-hybridized carbons (Fsp3) is 0.410. The molecule has 0 spiro atoms. The van der Waals surface area contributed by atoms with E-state index in [1.165, 1.54) is 23.4 Å². The number of aromatic nitrogens is 1. The van der Waals surface area contributed by atoms with E-state index in [1.807, 2.05) is 38.1 Å². The lowest BCUT2D eigenvalue weighted by molar-refractivity contribution is -0.143. The van der Waals surface area contributed by atoms with Crippen LogP contribution in [0.25, 0.3) is 10.9 Å². The molecule has 3 aliphatic rings. The number of likely N-dealkylation sites (N-methyl/N-ethyl adjacent to an activating group) is 1. The Morgan fingerprint density at radius 3 is 2.23 bits per heavy atom. The van der Waals surface area contributed by atoms with Crippen LogP contribution in [0.3, 0.4) is 0 Å². The summed E-state index contributed by atoms with van der Waals surface area (Å²) in [5.74, 6) is -0.545. The number of likely N-dealkylation sites (tertiary alicyclic amines) is 1. The topological polar surface area (TPSA) is 96.3 Å². The monoisotopic (exact) mass is 650 g/mol. The normalized spacial score (nSPS) is 25.0. The van der Waals surface area contributed by atoms with Gasteiger partial charge in [-0.1, -0.05) is 47.5 Å². The standard InChI is InChI=1S/C39H42N2O7/c1-23-8-12-27(13-9-23)38(43)46-22-35-34(48-39(44)28-14-10-24(2)11-15-28)18-36(47-35)41-20-29-17-33-31(30-6-5-7-32(41)37(29)30)16-26(19-40(33)4)21-45-25(3)42/h5-15,20,26,31,33-36H,16-19,21-22H2,1-4H3/t26-,31-,33-,34+,35-,36-/m1/s1. The lowest BCUT2D eigenvalue weighted by Gasteiger charge is -2.45. The van der Waals surface area contributed by atoms with Crippen molar-refractivity contribution in [3.63, 3.8) is 0 Å². The molecule has 0 N–H and O–H groups in total. The molecule has 9 nitrogen and oxygen atoms in total. The molecule has 2 saturated heterocycles. The molecule has 7 rings (SSSR count). The van der Waals surface area contributed by atoms with Gasteiger partial charge in [-0.3, -0.25) is 4.79 Å². The molecule has 2 fully saturated rings. The van der Waals surface area contributed by atoms with Crippen molar-refractivity contribution < 1.29 is 33.3 Å². The highest BCUT2D eigenvalue weighted by Gasteiger charge is 2.43. The molecule has 3 aromatic carbocycles. The van der Waals surface area contributed by atoms with Crippen molar-refractivity contribution in [2.24, 2.45) is 5.92 Å². The number of ether oxygens (including phenoxy) is 4. The molecule has 4 aromatic rings. The first-order valence-electron chi connectivity index (χ1n) is 16.8. The molecule has 1 aliphatic carbocycles. The fourth-order valence-corrected chi connectivity index (χ4v) is 7.75. The van der Waals surface area contributed by atoms with Crippen LogP contribution in [0.4, 0.5) is 0 Å². The summed E-state index contributed by atoms with van der Waals surface area (Å²) in [6.07, 6.45) is 2.76. The van der Waals surface area contributed by atoms with Crippen LogP contribution in [0.15, 0.2) is 72.9 Å². The minimum Gasteiger partial charge on any atom is -0.466 e. The number of benzene rings is 3. The molecule has 9 heteroatoms. The Balaban J connectivity index is 1.15. The number of esters is 3. The number of aryl methyl sites for hydroxylation is 2. The van der Waals surface area contributed by atoms with Gasteiger partial charge in [0.25, 0.3) is 0 Å². The number of carbonyl (C=O) groups is 3. The SMILES string of the molecule is CC(=O)OC[C@@H]1C[C@@H]2c3cccc4c3c(cn4[C@H]3C[C@H](OC(=O)c4ccc(C)cc4)[C@@H](COC(=O)c4ccc(C)cc4)O3)C[C@H]2N(C)C1. The maximum Gasteiger partial charge on any atom is 0.338 e. The van der Waals surface area contributed by atoms with Crippen LogP contribution < -0.4 is 0 Å². The van der Waals surface area contributed by atoms with Crippen molar-refractivity contribution in [1.82, 2.24) is 9.47 Å². The van der Waals surface area contributed by atoms with Gasteiger partial charge in [0, 0.05) is 49.4 Å². The van der Waals surface area contributed by atoms with Gasteiger partial charge in [-0.25, -0.2) is 9.59 Å². The van der Waals surface area contributed by atoms with Crippen LogP contribution >= 0.6 is 0 Å². The first-order valence-corrected chi connectivity index (χ1v) is 16.8. The van der Waals surface area contributed by atoms with Crippen molar-refractivity contribution in [2.75, 3.05) is 26.8 Å². The van der Waals surface area contributed by atoms with Crippen LogP contribution in [0.2, 0.25) is 0 Å². The van der Waals surface area contributed by atoms with Crippen molar-refractivity contribution in [3.8, 4) is 0 Å².